The predicted molar refractivity (Wildman–Crippen MR) is 151 cm³/mol. The number of rotatable bonds is 21. The van der Waals surface area contributed by atoms with Gasteiger partial charge in [-0.25, -0.2) is 0 Å². The van der Waals surface area contributed by atoms with Gasteiger partial charge < -0.3 is 9.80 Å². The van der Waals surface area contributed by atoms with Crippen LogP contribution in [0.5, 0.6) is 0 Å². The molecule has 7 nitrogen and oxygen atoms in total. The molecule has 0 spiro atoms. The van der Waals surface area contributed by atoms with Crippen molar-refractivity contribution in [2.24, 2.45) is 0 Å². The monoisotopic (exact) mass is 488 g/mol. The van der Waals surface area contributed by atoms with E-state index in [1.165, 1.54) is 96.0 Å². The summed E-state index contributed by atoms with van der Waals surface area (Å²) < 4.78 is 0. The second kappa shape index (κ2) is 19.1. The molecule has 0 saturated heterocycles. The lowest BCUT2D eigenvalue weighted by Crippen LogP contribution is -2.33. The van der Waals surface area contributed by atoms with Crippen LogP contribution in [0, 0.1) is 0 Å². The number of unbranched alkanes of at least 4 members (excludes halogenated alkanes) is 15. The highest BCUT2D eigenvalue weighted by molar-refractivity contribution is 5.99. The van der Waals surface area contributed by atoms with Gasteiger partial charge in [-0.15, -0.1) is 0 Å². The minimum Gasteiger partial charge on any atom is -0.347 e. The largest absolute Gasteiger partial charge is 0.347 e. The summed E-state index contributed by atoms with van der Waals surface area (Å²) in [6, 6.07) is 0. The Labute approximate surface area is 215 Å². The van der Waals surface area contributed by atoms with Gasteiger partial charge in [-0.3, -0.25) is 9.69 Å². The number of hydrogen-bond acceptors (Lipinski definition) is 6. The van der Waals surface area contributed by atoms with Gasteiger partial charge >= 0.3 is 0 Å². The summed E-state index contributed by atoms with van der Waals surface area (Å²) in [6.45, 7) is 6.53. The van der Waals surface area contributed by atoms with Gasteiger partial charge in [0.2, 0.25) is 17.8 Å². The molecule has 1 aromatic rings. The molecular weight excluding hydrogens is 436 g/mol. The molecule has 0 aliphatic heterocycles. The Morgan fingerprint density at radius 3 is 1.31 bits per heavy atom. The first-order valence-electron chi connectivity index (χ1n) is 13.9. The van der Waals surface area contributed by atoms with Gasteiger partial charge in [0.1, 0.15) is 0 Å². The standard InChI is InChI=1S/C28H52N6O/c1-7-9-10-11-12-13-14-15-16-17-18-19-20-21-22-23-24-34(25(35)8-2)28-30-26(32(3)4)29-27(31-28)33(5)6/h8H,2,7,9-24H2,1,3-6H3. The lowest BCUT2D eigenvalue weighted by Gasteiger charge is -2.22. The van der Waals surface area contributed by atoms with Gasteiger partial charge in [-0.2, -0.15) is 15.0 Å². The smallest absolute Gasteiger partial charge is 0.252 e. The number of carbonyl (C=O) groups is 1. The van der Waals surface area contributed by atoms with E-state index in [1.54, 1.807) is 4.90 Å². The second-order valence-electron chi connectivity index (χ2n) is 10.0. The first-order valence-corrected chi connectivity index (χ1v) is 13.9. The highest BCUT2D eigenvalue weighted by Crippen LogP contribution is 2.19. The normalized spacial score (nSPS) is 10.9. The van der Waals surface area contributed by atoms with Crippen LogP contribution in [-0.4, -0.2) is 55.6 Å². The van der Waals surface area contributed by atoms with E-state index in [9.17, 15) is 4.79 Å². The molecule has 0 saturated carbocycles. The SMILES string of the molecule is C=CC(=O)N(CCCCCCCCCCCCCCCCCC)c1nc(N(C)C)nc(N(C)C)n1. The highest BCUT2D eigenvalue weighted by Gasteiger charge is 2.19. The number of anilines is 3. The minimum atomic E-state index is -0.174. The van der Waals surface area contributed by atoms with E-state index in [0.717, 1.165) is 12.8 Å². The van der Waals surface area contributed by atoms with Gasteiger partial charge in [0.15, 0.2) is 0 Å². The highest BCUT2D eigenvalue weighted by atomic mass is 16.2. The quantitative estimate of drug-likeness (QED) is 0.140. The van der Waals surface area contributed by atoms with Gasteiger partial charge in [-0.1, -0.05) is 110 Å². The van der Waals surface area contributed by atoms with Crippen molar-refractivity contribution < 1.29 is 4.79 Å². The first-order chi connectivity index (χ1) is 16.9. The summed E-state index contributed by atoms with van der Waals surface area (Å²) in [4.78, 5) is 31.3. The van der Waals surface area contributed by atoms with Crippen LogP contribution < -0.4 is 14.7 Å². The van der Waals surface area contributed by atoms with Crippen molar-refractivity contribution in [3.8, 4) is 0 Å². The van der Waals surface area contributed by atoms with E-state index in [4.69, 9.17) is 0 Å². The van der Waals surface area contributed by atoms with Crippen LogP contribution >= 0.6 is 0 Å². The summed E-state index contributed by atoms with van der Waals surface area (Å²) in [7, 11) is 7.53. The Morgan fingerprint density at radius 1 is 0.629 bits per heavy atom. The molecule has 200 valence electrons. The summed E-state index contributed by atoms with van der Waals surface area (Å²) in [6.07, 6.45) is 22.5. The Morgan fingerprint density at radius 2 is 0.971 bits per heavy atom. The molecule has 35 heavy (non-hydrogen) atoms. The van der Waals surface area contributed by atoms with Crippen molar-refractivity contribution in [2.75, 3.05) is 49.4 Å². The first kappa shape index (κ1) is 30.9. The van der Waals surface area contributed by atoms with Crippen LogP contribution in [0.3, 0.4) is 0 Å². The fourth-order valence-corrected chi connectivity index (χ4v) is 4.10. The third-order valence-corrected chi connectivity index (χ3v) is 6.32. The van der Waals surface area contributed by atoms with Gasteiger partial charge in [0.25, 0.3) is 5.91 Å². The fraction of sp³-hybridized carbons (Fsp3) is 0.786. The van der Waals surface area contributed by atoms with Gasteiger partial charge in [0, 0.05) is 34.7 Å². The van der Waals surface area contributed by atoms with E-state index in [0.29, 0.717) is 24.4 Å². The molecule has 0 unspecified atom stereocenters. The van der Waals surface area contributed by atoms with Crippen LogP contribution in [0.2, 0.25) is 0 Å². The van der Waals surface area contributed by atoms with Crippen molar-refractivity contribution >= 4 is 23.8 Å². The number of amides is 1. The van der Waals surface area contributed by atoms with Crippen LogP contribution in [0.4, 0.5) is 17.8 Å². The van der Waals surface area contributed by atoms with E-state index < -0.39 is 0 Å². The van der Waals surface area contributed by atoms with Crippen LogP contribution in [-0.2, 0) is 4.79 Å². The Kier molecular flexibility index (Phi) is 16.8. The van der Waals surface area contributed by atoms with Gasteiger partial charge in [0.05, 0.1) is 0 Å². The Balaban J connectivity index is 2.27. The van der Waals surface area contributed by atoms with Crippen molar-refractivity contribution in [3.63, 3.8) is 0 Å². The fourth-order valence-electron chi connectivity index (χ4n) is 4.10. The molecular formula is C28H52N6O. The molecule has 0 N–H and O–H groups in total. The minimum absolute atomic E-state index is 0.174. The molecule has 1 rings (SSSR count). The van der Waals surface area contributed by atoms with E-state index in [1.807, 2.05) is 38.0 Å². The van der Waals surface area contributed by atoms with Crippen molar-refractivity contribution in [2.45, 2.75) is 110 Å². The maximum atomic E-state index is 12.5. The van der Waals surface area contributed by atoms with E-state index in [-0.39, 0.29) is 5.91 Å². The summed E-state index contributed by atoms with van der Waals surface area (Å²) >= 11 is 0. The third kappa shape index (κ3) is 13.5. The molecule has 0 radical (unpaired) electrons. The zero-order chi connectivity index (χ0) is 25.9. The number of hydrogen-bond donors (Lipinski definition) is 0. The number of carbonyl (C=O) groups excluding carboxylic acids is 1. The number of nitrogens with zero attached hydrogens (tertiary/aromatic N) is 6. The summed E-state index contributed by atoms with van der Waals surface area (Å²) in [5, 5.41) is 0. The van der Waals surface area contributed by atoms with Crippen LogP contribution in [0.25, 0.3) is 0 Å². The maximum absolute atomic E-state index is 12.5. The Hall–Kier alpha value is -2.18. The average molecular weight is 489 g/mol. The third-order valence-electron chi connectivity index (χ3n) is 6.32. The van der Waals surface area contributed by atoms with E-state index in [2.05, 4.69) is 28.5 Å². The zero-order valence-corrected chi connectivity index (χ0v) is 23.4. The molecule has 1 aromatic heterocycles. The lowest BCUT2D eigenvalue weighted by molar-refractivity contribution is -0.114. The number of aromatic nitrogens is 3. The van der Waals surface area contributed by atoms with Gasteiger partial charge in [-0.05, 0) is 12.5 Å². The lowest BCUT2D eigenvalue weighted by atomic mass is 10.0. The molecule has 7 heteroatoms. The van der Waals surface area contributed by atoms with Crippen molar-refractivity contribution in [3.05, 3.63) is 12.7 Å². The molecule has 0 aromatic carbocycles. The maximum Gasteiger partial charge on any atom is 0.252 e. The molecule has 1 amide bonds. The molecule has 0 atom stereocenters. The summed E-state index contributed by atoms with van der Waals surface area (Å²) in [5.74, 6) is 1.28. The molecule has 1 heterocycles. The molecule has 0 fully saturated rings. The molecule has 0 aliphatic rings. The predicted octanol–water partition coefficient (Wildman–Crippen LogP) is 6.78. The topological polar surface area (TPSA) is 65.5 Å². The zero-order valence-electron chi connectivity index (χ0n) is 23.4. The molecule has 0 aliphatic carbocycles. The van der Waals surface area contributed by atoms with E-state index >= 15 is 0 Å². The van der Waals surface area contributed by atoms with Crippen LogP contribution in [0.1, 0.15) is 110 Å². The molecule has 0 bridgehead atoms. The van der Waals surface area contributed by atoms with Crippen LogP contribution in [0.15, 0.2) is 12.7 Å². The van der Waals surface area contributed by atoms with Crippen molar-refractivity contribution in [1.29, 1.82) is 0 Å². The second-order valence-corrected chi connectivity index (χ2v) is 10.0. The Bertz CT molecular complexity index is 680. The summed E-state index contributed by atoms with van der Waals surface area (Å²) in [5.41, 5.74) is 0. The average Bonchev–Trinajstić information content (AvgIpc) is 2.85. The van der Waals surface area contributed by atoms with Crippen molar-refractivity contribution in [1.82, 2.24) is 15.0 Å².